The van der Waals surface area contributed by atoms with Crippen LogP contribution in [0.3, 0.4) is 0 Å². The molecular formula is C15H15FN6O. The third kappa shape index (κ3) is 2.96. The van der Waals surface area contributed by atoms with Crippen molar-refractivity contribution < 1.29 is 9.18 Å². The Hall–Kier alpha value is -3.03. The molecule has 2 aromatic heterocycles. The maximum atomic E-state index is 12.9. The van der Waals surface area contributed by atoms with E-state index < -0.39 is 0 Å². The quantitative estimate of drug-likeness (QED) is 0.766. The van der Waals surface area contributed by atoms with E-state index in [1.54, 1.807) is 6.92 Å². The summed E-state index contributed by atoms with van der Waals surface area (Å²) in [7, 11) is 0. The second kappa shape index (κ2) is 5.64. The van der Waals surface area contributed by atoms with E-state index in [1.165, 1.54) is 28.8 Å². The zero-order valence-corrected chi connectivity index (χ0v) is 12.7. The molecule has 118 valence electrons. The van der Waals surface area contributed by atoms with E-state index in [2.05, 4.69) is 20.4 Å². The number of rotatable bonds is 3. The van der Waals surface area contributed by atoms with Gasteiger partial charge in [-0.05, 0) is 38.1 Å². The number of halogens is 1. The van der Waals surface area contributed by atoms with Gasteiger partial charge in [0.25, 0.3) is 5.78 Å². The number of benzene rings is 1. The fourth-order valence-electron chi connectivity index (χ4n) is 2.38. The van der Waals surface area contributed by atoms with Gasteiger partial charge in [0.2, 0.25) is 11.9 Å². The predicted octanol–water partition coefficient (Wildman–Crippen LogP) is 1.64. The molecule has 3 rings (SSSR count). The van der Waals surface area contributed by atoms with Crippen molar-refractivity contribution in [2.45, 2.75) is 20.3 Å². The van der Waals surface area contributed by atoms with E-state index in [0.29, 0.717) is 17.2 Å². The maximum Gasteiger partial charge on any atom is 0.254 e. The zero-order chi connectivity index (χ0) is 16.6. The fourth-order valence-corrected chi connectivity index (χ4v) is 2.38. The van der Waals surface area contributed by atoms with Crippen molar-refractivity contribution >= 4 is 23.3 Å². The molecule has 1 aromatic carbocycles. The van der Waals surface area contributed by atoms with Crippen LogP contribution in [0.5, 0.6) is 0 Å². The zero-order valence-electron chi connectivity index (χ0n) is 12.7. The molecule has 8 heteroatoms. The highest BCUT2D eigenvalue weighted by molar-refractivity contribution is 5.92. The fraction of sp³-hybridized carbons (Fsp3) is 0.200. The number of amides is 1. The Morgan fingerprint density at radius 3 is 2.65 bits per heavy atom. The van der Waals surface area contributed by atoms with E-state index >= 15 is 0 Å². The van der Waals surface area contributed by atoms with E-state index in [4.69, 9.17) is 5.73 Å². The van der Waals surface area contributed by atoms with Gasteiger partial charge in [0.1, 0.15) is 5.82 Å². The Morgan fingerprint density at radius 2 is 1.96 bits per heavy atom. The Morgan fingerprint density at radius 1 is 1.26 bits per heavy atom. The summed E-state index contributed by atoms with van der Waals surface area (Å²) in [5.74, 6) is -0.0433. The lowest BCUT2D eigenvalue weighted by molar-refractivity contribution is -0.115. The van der Waals surface area contributed by atoms with Crippen molar-refractivity contribution in [1.82, 2.24) is 19.6 Å². The predicted molar refractivity (Wildman–Crippen MR) is 83.4 cm³/mol. The minimum absolute atomic E-state index is 0.123. The second-order valence-corrected chi connectivity index (χ2v) is 5.17. The summed E-state index contributed by atoms with van der Waals surface area (Å²) < 4.78 is 14.4. The Kier molecular flexibility index (Phi) is 3.65. The van der Waals surface area contributed by atoms with Crippen LogP contribution in [-0.2, 0) is 11.2 Å². The van der Waals surface area contributed by atoms with Crippen molar-refractivity contribution in [2.24, 2.45) is 0 Å². The molecule has 2 heterocycles. The van der Waals surface area contributed by atoms with Crippen LogP contribution >= 0.6 is 0 Å². The van der Waals surface area contributed by atoms with E-state index in [-0.39, 0.29) is 24.1 Å². The highest BCUT2D eigenvalue weighted by Gasteiger charge is 2.15. The molecule has 0 bridgehead atoms. The van der Waals surface area contributed by atoms with Crippen LogP contribution in [-0.4, -0.2) is 25.5 Å². The third-order valence-electron chi connectivity index (χ3n) is 3.53. The highest BCUT2D eigenvalue weighted by atomic mass is 19.1. The molecule has 3 aromatic rings. The summed E-state index contributed by atoms with van der Waals surface area (Å²) in [6.07, 6.45) is 0.123. The molecule has 0 radical (unpaired) electrons. The molecular weight excluding hydrogens is 299 g/mol. The van der Waals surface area contributed by atoms with Gasteiger partial charge in [-0.3, -0.25) is 4.79 Å². The molecule has 1 amide bonds. The average molecular weight is 314 g/mol. The maximum absolute atomic E-state index is 12.9. The average Bonchev–Trinajstić information content (AvgIpc) is 2.86. The topological polar surface area (TPSA) is 98.2 Å². The molecule has 0 saturated carbocycles. The van der Waals surface area contributed by atoms with Crippen molar-refractivity contribution in [1.29, 1.82) is 0 Å². The van der Waals surface area contributed by atoms with Crippen molar-refractivity contribution in [3.8, 4) is 0 Å². The molecule has 0 fully saturated rings. The second-order valence-electron chi connectivity index (χ2n) is 5.17. The lowest BCUT2D eigenvalue weighted by atomic mass is 10.1. The lowest BCUT2D eigenvalue weighted by Crippen LogP contribution is -2.17. The van der Waals surface area contributed by atoms with Crippen LogP contribution in [0.2, 0.25) is 0 Å². The third-order valence-corrected chi connectivity index (χ3v) is 3.53. The van der Waals surface area contributed by atoms with E-state index in [9.17, 15) is 9.18 Å². The van der Waals surface area contributed by atoms with Crippen LogP contribution < -0.4 is 11.1 Å². The van der Waals surface area contributed by atoms with Gasteiger partial charge in [-0.15, -0.1) is 5.10 Å². The van der Waals surface area contributed by atoms with Crippen LogP contribution in [0.15, 0.2) is 24.3 Å². The Labute approximate surface area is 131 Å². The molecule has 0 aliphatic heterocycles. The molecule has 0 aliphatic rings. The summed E-state index contributed by atoms with van der Waals surface area (Å²) in [5.41, 5.74) is 8.31. The van der Waals surface area contributed by atoms with Crippen molar-refractivity contribution in [2.75, 3.05) is 11.1 Å². The van der Waals surface area contributed by atoms with Gasteiger partial charge in [0.05, 0.1) is 6.42 Å². The summed E-state index contributed by atoms with van der Waals surface area (Å²) >= 11 is 0. The summed E-state index contributed by atoms with van der Waals surface area (Å²) in [4.78, 5) is 20.5. The number of nitrogens with two attached hydrogens (primary N) is 1. The first-order valence-electron chi connectivity index (χ1n) is 6.98. The molecule has 0 atom stereocenters. The molecule has 23 heavy (non-hydrogen) atoms. The molecule has 0 unspecified atom stereocenters. The Balaban J connectivity index is 1.85. The minimum Gasteiger partial charge on any atom is -0.366 e. The van der Waals surface area contributed by atoms with Gasteiger partial charge in [-0.2, -0.15) is 9.50 Å². The summed E-state index contributed by atoms with van der Waals surface area (Å²) in [6.45, 7) is 3.63. The van der Waals surface area contributed by atoms with Gasteiger partial charge < -0.3 is 11.1 Å². The minimum atomic E-state index is -0.354. The smallest absolute Gasteiger partial charge is 0.254 e. The molecule has 0 aliphatic carbocycles. The number of nitrogens with zero attached hydrogens (tertiary/aromatic N) is 4. The molecule has 3 N–H and O–H groups in total. The number of hydrogen-bond acceptors (Lipinski definition) is 5. The number of carbonyl (C=O) groups excluding carboxylic acids is 1. The first-order valence-corrected chi connectivity index (χ1v) is 6.98. The first kappa shape index (κ1) is 14.9. The molecule has 7 nitrogen and oxygen atoms in total. The van der Waals surface area contributed by atoms with Crippen LogP contribution in [0, 0.1) is 19.7 Å². The number of aromatic nitrogens is 4. The SMILES string of the molecule is Cc1nc2nc(N)nn2c(C)c1CC(=O)Nc1ccc(F)cc1. The number of hydrogen-bond donors (Lipinski definition) is 2. The monoisotopic (exact) mass is 314 g/mol. The van der Waals surface area contributed by atoms with Crippen molar-refractivity contribution in [3.63, 3.8) is 0 Å². The number of carbonyl (C=O) groups is 1. The standard InChI is InChI=1S/C15H15FN6O/c1-8-12(9(2)22-15(18-8)20-14(17)21-22)7-13(23)19-11-5-3-10(16)4-6-11/h3-6H,7H2,1-2H3,(H2,17,21)(H,19,23). The summed E-state index contributed by atoms with van der Waals surface area (Å²) in [6, 6.07) is 5.59. The van der Waals surface area contributed by atoms with Gasteiger partial charge in [0.15, 0.2) is 0 Å². The van der Waals surface area contributed by atoms with Crippen LogP contribution in [0.25, 0.3) is 5.78 Å². The number of aryl methyl sites for hydroxylation is 2. The molecule has 0 saturated heterocycles. The lowest BCUT2D eigenvalue weighted by Gasteiger charge is -2.10. The normalized spacial score (nSPS) is 10.9. The largest absolute Gasteiger partial charge is 0.366 e. The van der Waals surface area contributed by atoms with Gasteiger partial charge in [-0.1, -0.05) is 0 Å². The Bertz CT molecular complexity index is 887. The number of nitrogens with one attached hydrogen (secondary N) is 1. The van der Waals surface area contributed by atoms with Crippen molar-refractivity contribution in [3.05, 3.63) is 47.0 Å². The molecule has 0 spiro atoms. The van der Waals surface area contributed by atoms with E-state index in [1.807, 2.05) is 6.92 Å². The van der Waals surface area contributed by atoms with E-state index in [0.717, 1.165) is 11.3 Å². The van der Waals surface area contributed by atoms with Crippen LogP contribution in [0.4, 0.5) is 16.0 Å². The van der Waals surface area contributed by atoms with Gasteiger partial charge >= 0.3 is 0 Å². The van der Waals surface area contributed by atoms with Gasteiger partial charge in [-0.25, -0.2) is 9.37 Å². The van der Waals surface area contributed by atoms with Gasteiger partial charge in [0, 0.05) is 22.6 Å². The summed E-state index contributed by atoms with van der Waals surface area (Å²) in [5, 5.41) is 6.78. The number of fused-ring (bicyclic) bond motifs is 1. The number of nitrogen functional groups attached to an aromatic ring is 1. The first-order chi connectivity index (χ1) is 10.9. The van der Waals surface area contributed by atoms with Crippen LogP contribution in [0.1, 0.15) is 17.0 Å². The number of anilines is 2. The highest BCUT2D eigenvalue weighted by Crippen LogP contribution is 2.16.